The van der Waals surface area contributed by atoms with Gasteiger partial charge >= 0.3 is 5.97 Å². The number of hydrogen-bond acceptors (Lipinski definition) is 4. The smallest absolute Gasteiger partial charge is 0.310 e. The summed E-state index contributed by atoms with van der Waals surface area (Å²) in [6.45, 7) is 12.4. The summed E-state index contributed by atoms with van der Waals surface area (Å²) in [4.78, 5) is 28.4. The molecule has 0 spiro atoms. The number of carbonyl (C=O) groups is 2. The second-order valence-corrected chi connectivity index (χ2v) is 9.21. The lowest BCUT2D eigenvalue weighted by Crippen LogP contribution is -2.51. The molecular weight excluding hydrogens is 328 g/mol. The zero-order valence-electron chi connectivity index (χ0n) is 16.2. The summed E-state index contributed by atoms with van der Waals surface area (Å²) in [6.07, 6.45) is 5.75. The van der Waals surface area contributed by atoms with Crippen LogP contribution < -0.4 is 0 Å². The molecule has 5 nitrogen and oxygen atoms in total. The van der Waals surface area contributed by atoms with Gasteiger partial charge in [0.2, 0.25) is 5.91 Å². The highest BCUT2D eigenvalue weighted by Gasteiger charge is 2.55. The SMILES string of the molecule is C=C1CCC[C@]2(C)C[C@H]3OC(=O)[C@H](CN4CCN(C(C)=O)CC4)[C@H]3C[C@H]12. The molecule has 2 heterocycles. The van der Waals surface area contributed by atoms with Crippen LogP contribution in [0.4, 0.5) is 0 Å². The van der Waals surface area contributed by atoms with Gasteiger partial charge in [0.05, 0.1) is 5.92 Å². The standard InChI is InChI=1S/C21H32N2O3/c1-14-5-4-6-21(3)12-19-16(11-18(14)21)17(20(25)26-19)13-22-7-9-23(10-8-22)15(2)24/h16-19H,1,4-13H2,2-3H3/t16-,17-,18-,19-,21-/m1/s1. The van der Waals surface area contributed by atoms with Gasteiger partial charge in [-0.3, -0.25) is 14.5 Å². The number of rotatable bonds is 2. The summed E-state index contributed by atoms with van der Waals surface area (Å²) in [7, 11) is 0. The Bertz CT molecular complexity index is 610. The second-order valence-electron chi connectivity index (χ2n) is 9.21. The van der Waals surface area contributed by atoms with E-state index in [9.17, 15) is 9.59 Å². The maximum absolute atomic E-state index is 12.6. The van der Waals surface area contributed by atoms with Crippen LogP contribution in [0, 0.1) is 23.2 Å². The first-order valence-electron chi connectivity index (χ1n) is 10.2. The van der Waals surface area contributed by atoms with Gasteiger partial charge in [-0.25, -0.2) is 0 Å². The Morgan fingerprint density at radius 3 is 2.73 bits per heavy atom. The monoisotopic (exact) mass is 360 g/mol. The minimum absolute atomic E-state index is 0.00172. The Hall–Kier alpha value is -1.36. The molecule has 0 aromatic rings. The first-order valence-corrected chi connectivity index (χ1v) is 10.2. The van der Waals surface area contributed by atoms with Crippen molar-refractivity contribution in [3.8, 4) is 0 Å². The predicted molar refractivity (Wildman–Crippen MR) is 99.4 cm³/mol. The molecule has 2 aliphatic heterocycles. The van der Waals surface area contributed by atoms with E-state index < -0.39 is 0 Å². The number of nitrogens with zero attached hydrogens (tertiary/aromatic N) is 2. The third kappa shape index (κ3) is 3.08. The van der Waals surface area contributed by atoms with E-state index in [0.29, 0.717) is 11.8 Å². The fourth-order valence-corrected chi connectivity index (χ4v) is 5.99. The summed E-state index contributed by atoms with van der Waals surface area (Å²) >= 11 is 0. The number of amides is 1. The highest BCUT2D eigenvalue weighted by Crippen LogP contribution is 2.56. The third-order valence-electron chi connectivity index (χ3n) is 7.59. The van der Waals surface area contributed by atoms with E-state index >= 15 is 0 Å². The molecule has 4 aliphatic rings. The first-order chi connectivity index (χ1) is 12.4. The van der Waals surface area contributed by atoms with Gasteiger partial charge in [-0.1, -0.05) is 19.1 Å². The van der Waals surface area contributed by atoms with Crippen molar-refractivity contribution in [2.75, 3.05) is 32.7 Å². The van der Waals surface area contributed by atoms with Crippen LogP contribution in [-0.4, -0.2) is 60.5 Å². The van der Waals surface area contributed by atoms with E-state index in [-0.39, 0.29) is 29.3 Å². The van der Waals surface area contributed by atoms with Crippen molar-refractivity contribution in [1.82, 2.24) is 9.80 Å². The molecule has 5 atom stereocenters. The molecule has 0 bridgehead atoms. The average Bonchev–Trinajstić information content (AvgIpc) is 2.88. The summed E-state index contributed by atoms with van der Waals surface area (Å²) in [5.74, 6) is 1.02. The van der Waals surface area contributed by atoms with Crippen LogP contribution in [0.3, 0.4) is 0 Å². The number of hydrogen-bond donors (Lipinski definition) is 0. The number of carbonyl (C=O) groups excluding carboxylic acids is 2. The molecule has 1 amide bonds. The molecule has 2 aliphatic carbocycles. The lowest BCUT2D eigenvalue weighted by molar-refractivity contribution is -0.146. The average molecular weight is 360 g/mol. The maximum atomic E-state index is 12.6. The van der Waals surface area contributed by atoms with Crippen molar-refractivity contribution < 1.29 is 14.3 Å². The molecule has 0 radical (unpaired) electrons. The quantitative estimate of drug-likeness (QED) is 0.561. The van der Waals surface area contributed by atoms with Crippen LogP contribution >= 0.6 is 0 Å². The van der Waals surface area contributed by atoms with Gasteiger partial charge < -0.3 is 9.64 Å². The lowest BCUT2D eigenvalue weighted by Gasteiger charge is -2.50. The number of allylic oxidation sites excluding steroid dienone is 1. The van der Waals surface area contributed by atoms with Gasteiger partial charge in [0.15, 0.2) is 0 Å². The van der Waals surface area contributed by atoms with E-state index in [1.54, 1.807) is 6.92 Å². The van der Waals surface area contributed by atoms with E-state index in [0.717, 1.165) is 52.0 Å². The molecule has 0 aromatic carbocycles. The Kier molecular flexibility index (Phi) is 4.62. The van der Waals surface area contributed by atoms with Crippen molar-refractivity contribution >= 4 is 11.9 Å². The van der Waals surface area contributed by atoms with Gasteiger partial charge in [-0.15, -0.1) is 0 Å². The molecule has 5 heteroatoms. The Labute approximate surface area is 156 Å². The zero-order valence-corrected chi connectivity index (χ0v) is 16.2. The predicted octanol–water partition coefficient (Wildman–Crippen LogP) is 2.46. The van der Waals surface area contributed by atoms with Crippen LogP contribution in [0.5, 0.6) is 0 Å². The normalized spacial score (nSPS) is 40.8. The van der Waals surface area contributed by atoms with Crippen molar-refractivity contribution in [3.05, 3.63) is 12.2 Å². The zero-order chi connectivity index (χ0) is 18.5. The Balaban J connectivity index is 1.43. The molecule has 144 valence electrons. The maximum Gasteiger partial charge on any atom is 0.310 e. The Morgan fingerprint density at radius 1 is 1.31 bits per heavy atom. The van der Waals surface area contributed by atoms with Crippen molar-refractivity contribution in [1.29, 1.82) is 0 Å². The molecular formula is C21H32N2O3. The lowest BCUT2D eigenvalue weighted by atomic mass is 9.55. The molecule has 2 saturated carbocycles. The van der Waals surface area contributed by atoms with Crippen LogP contribution in [0.25, 0.3) is 0 Å². The summed E-state index contributed by atoms with van der Waals surface area (Å²) in [6, 6.07) is 0. The van der Waals surface area contributed by atoms with E-state index in [1.807, 2.05) is 4.90 Å². The highest BCUT2D eigenvalue weighted by atomic mass is 16.6. The number of ether oxygens (including phenoxy) is 1. The summed E-state index contributed by atoms with van der Waals surface area (Å²) in [5.41, 5.74) is 1.66. The third-order valence-corrected chi connectivity index (χ3v) is 7.59. The molecule has 4 rings (SSSR count). The summed E-state index contributed by atoms with van der Waals surface area (Å²) < 4.78 is 5.87. The van der Waals surface area contributed by atoms with E-state index in [4.69, 9.17) is 4.74 Å². The van der Waals surface area contributed by atoms with E-state index in [1.165, 1.54) is 18.4 Å². The molecule has 0 unspecified atom stereocenters. The molecule has 2 saturated heterocycles. The van der Waals surface area contributed by atoms with Crippen molar-refractivity contribution in [3.63, 3.8) is 0 Å². The van der Waals surface area contributed by atoms with Gasteiger partial charge in [-0.05, 0) is 43.4 Å². The van der Waals surface area contributed by atoms with Gasteiger partial charge in [0.1, 0.15) is 6.10 Å². The molecule has 4 fully saturated rings. The van der Waals surface area contributed by atoms with Crippen molar-refractivity contribution in [2.45, 2.75) is 52.1 Å². The van der Waals surface area contributed by atoms with Crippen LogP contribution in [0.1, 0.15) is 46.0 Å². The van der Waals surface area contributed by atoms with Crippen molar-refractivity contribution in [2.24, 2.45) is 23.2 Å². The van der Waals surface area contributed by atoms with Gasteiger partial charge in [0, 0.05) is 45.6 Å². The fraction of sp³-hybridized carbons (Fsp3) is 0.810. The van der Waals surface area contributed by atoms with E-state index in [2.05, 4.69) is 18.4 Å². The van der Waals surface area contributed by atoms with Crippen LogP contribution in [0.15, 0.2) is 12.2 Å². The van der Waals surface area contributed by atoms with Crippen LogP contribution in [0.2, 0.25) is 0 Å². The minimum Gasteiger partial charge on any atom is -0.462 e. The van der Waals surface area contributed by atoms with Gasteiger partial charge in [0.25, 0.3) is 0 Å². The number of esters is 1. The Morgan fingerprint density at radius 2 is 2.04 bits per heavy atom. The second kappa shape index (κ2) is 6.66. The number of piperazine rings is 1. The molecule has 26 heavy (non-hydrogen) atoms. The number of fused-ring (bicyclic) bond motifs is 2. The summed E-state index contributed by atoms with van der Waals surface area (Å²) in [5, 5.41) is 0. The molecule has 0 aromatic heterocycles. The molecule has 0 N–H and O–H groups in total. The van der Waals surface area contributed by atoms with Crippen LogP contribution in [-0.2, 0) is 14.3 Å². The van der Waals surface area contributed by atoms with Gasteiger partial charge in [-0.2, -0.15) is 0 Å². The highest BCUT2D eigenvalue weighted by molar-refractivity contribution is 5.76. The minimum atomic E-state index is -0.0110. The topological polar surface area (TPSA) is 49.9 Å². The first kappa shape index (κ1) is 18.0. The fourth-order valence-electron chi connectivity index (χ4n) is 5.99. The largest absolute Gasteiger partial charge is 0.462 e.